The summed E-state index contributed by atoms with van der Waals surface area (Å²) >= 11 is 5.84. The van der Waals surface area contributed by atoms with Crippen molar-refractivity contribution in [3.05, 3.63) is 58.1 Å². The number of hydrogen-bond acceptors (Lipinski definition) is 2. The molecule has 31 heavy (non-hydrogen) atoms. The molecule has 2 atom stereocenters. The SMILES string of the molecule is CC[C@@]1(C(=O)Nc2cc(Cl)cc(C(F)(F)F)c2)CN(c2c(C)cccc2C)C(=O)[C@H]1C. The van der Waals surface area contributed by atoms with E-state index in [9.17, 15) is 22.8 Å². The van der Waals surface area contributed by atoms with Crippen LogP contribution in [0.25, 0.3) is 0 Å². The number of para-hydroxylation sites is 1. The first kappa shape index (κ1) is 23.1. The molecule has 0 unspecified atom stereocenters. The normalized spacial score (nSPS) is 21.5. The van der Waals surface area contributed by atoms with Gasteiger partial charge in [0.05, 0.1) is 16.9 Å². The third kappa shape index (κ3) is 4.15. The number of alkyl halides is 3. The fourth-order valence-electron chi connectivity index (χ4n) is 4.32. The molecule has 0 saturated carbocycles. The van der Waals surface area contributed by atoms with E-state index in [1.54, 1.807) is 18.7 Å². The highest BCUT2D eigenvalue weighted by atomic mass is 35.5. The van der Waals surface area contributed by atoms with Gasteiger partial charge in [0.15, 0.2) is 0 Å². The number of carbonyl (C=O) groups excluding carboxylic acids is 2. The largest absolute Gasteiger partial charge is 0.416 e. The highest BCUT2D eigenvalue weighted by Crippen LogP contribution is 2.44. The maximum absolute atomic E-state index is 13.3. The van der Waals surface area contributed by atoms with E-state index in [4.69, 9.17) is 11.6 Å². The minimum absolute atomic E-state index is 0.0529. The Bertz CT molecular complexity index is 1020. The Morgan fingerprint density at radius 2 is 1.84 bits per heavy atom. The van der Waals surface area contributed by atoms with Gasteiger partial charge < -0.3 is 10.2 Å². The van der Waals surface area contributed by atoms with Crippen LogP contribution in [0.1, 0.15) is 37.0 Å². The van der Waals surface area contributed by atoms with Crippen molar-refractivity contribution in [1.82, 2.24) is 0 Å². The zero-order valence-corrected chi connectivity index (χ0v) is 18.5. The summed E-state index contributed by atoms with van der Waals surface area (Å²) in [6.45, 7) is 7.44. The molecule has 0 spiro atoms. The summed E-state index contributed by atoms with van der Waals surface area (Å²) in [5, 5.41) is 2.44. The fraction of sp³-hybridized carbons (Fsp3) is 0.391. The number of hydrogen-bond donors (Lipinski definition) is 1. The number of carbonyl (C=O) groups is 2. The highest BCUT2D eigenvalue weighted by Gasteiger charge is 2.54. The van der Waals surface area contributed by atoms with E-state index in [2.05, 4.69) is 5.32 Å². The third-order valence-electron chi connectivity index (χ3n) is 6.18. The zero-order valence-electron chi connectivity index (χ0n) is 17.7. The van der Waals surface area contributed by atoms with Crippen LogP contribution in [-0.4, -0.2) is 18.4 Å². The summed E-state index contributed by atoms with van der Waals surface area (Å²) in [6, 6.07) is 8.61. The lowest BCUT2D eigenvalue weighted by atomic mass is 9.75. The number of nitrogens with zero attached hydrogens (tertiary/aromatic N) is 1. The quantitative estimate of drug-likeness (QED) is 0.619. The molecule has 0 aromatic heterocycles. The van der Waals surface area contributed by atoms with E-state index in [0.29, 0.717) is 6.42 Å². The molecule has 2 amide bonds. The molecule has 0 bridgehead atoms. The van der Waals surface area contributed by atoms with Gasteiger partial charge >= 0.3 is 6.18 Å². The maximum atomic E-state index is 13.3. The van der Waals surface area contributed by atoms with Gasteiger partial charge in [0, 0.05) is 22.9 Å². The predicted molar refractivity (Wildman–Crippen MR) is 115 cm³/mol. The molecular formula is C23H24ClF3N2O2. The Morgan fingerprint density at radius 1 is 1.23 bits per heavy atom. The summed E-state index contributed by atoms with van der Waals surface area (Å²) < 4.78 is 39.4. The Morgan fingerprint density at radius 3 is 2.39 bits per heavy atom. The monoisotopic (exact) mass is 452 g/mol. The van der Waals surface area contributed by atoms with E-state index >= 15 is 0 Å². The molecule has 0 radical (unpaired) electrons. The molecule has 166 valence electrons. The van der Waals surface area contributed by atoms with Crippen molar-refractivity contribution in [2.45, 2.75) is 40.3 Å². The van der Waals surface area contributed by atoms with Crippen molar-refractivity contribution >= 4 is 34.8 Å². The number of anilines is 2. The molecule has 3 rings (SSSR count). The molecule has 0 aliphatic carbocycles. The van der Waals surface area contributed by atoms with Gasteiger partial charge in [-0.1, -0.05) is 43.6 Å². The number of aryl methyl sites for hydroxylation is 2. The molecule has 1 heterocycles. The number of nitrogens with one attached hydrogen (secondary N) is 1. The fourth-order valence-corrected chi connectivity index (χ4v) is 4.55. The first-order chi connectivity index (χ1) is 14.4. The lowest BCUT2D eigenvalue weighted by molar-refractivity contribution is -0.137. The minimum Gasteiger partial charge on any atom is -0.325 e. The molecule has 1 fully saturated rings. The smallest absolute Gasteiger partial charge is 0.325 e. The zero-order chi connectivity index (χ0) is 23.1. The van der Waals surface area contributed by atoms with Crippen LogP contribution in [-0.2, 0) is 15.8 Å². The van der Waals surface area contributed by atoms with Crippen LogP contribution in [0.5, 0.6) is 0 Å². The third-order valence-corrected chi connectivity index (χ3v) is 6.40. The molecule has 4 nitrogen and oxygen atoms in total. The molecule has 1 saturated heterocycles. The molecule has 2 aromatic carbocycles. The lowest BCUT2D eigenvalue weighted by Gasteiger charge is -2.30. The Hall–Kier alpha value is -2.54. The summed E-state index contributed by atoms with van der Waals surface area (Å²) in [7, 11) is 0. The van der Waals surface area contributed by atoms with Gasteiger partial charge in [-0.2, -0.15) is 13.2 Å². The van der Waals surface area contributed by atoms with Crippen molar-refractivity contribution in [2.24, 2.45) is 11.3 Å². The van der Waals surface area contributed by atoms with Crippen LogP contribution < -0.4 is 10.2 Å². The standard InChI is InChI=1S/C23H24ClF3N2O2/c1-5-22(21(31)28-18-10-16(23(25,26)27)9-17(24)11-18)12-29(20(30)15(22)4)19-13(2)7-6-8-14(19)3/h6-11,15H,5,12H2,1-4H3,(H,28,31)/t15-,22-/m1/s1. The van der Waals surface area contributed by atoms with Crippen molar-refractivity contribution in [1.29, 1.82) is 0 Å². The predicted octanol–water partition coefficient (Wildman–Crippen LogP) is 5.99. The second-order valence-corrected chi connectivity index (χ2v) is 8.51. The van der Waals surface area contributed by atoms with Crippen LogP contribution >= 0.6 is 11.6 Å². The second kappa shape index (κ2) is 8.19. The summed E-state index contributed by atoms with van der Waals surface area (Å²) in [5.41, 5.74) is 0.503. The lowest BCUT2D eigenvalue weighted by Crippen LogP contribution is -2.42. The van der Waals surface area contributed by atoms with E-state index in [1.807, 2.05) is 32.0 Å². The van der Waals surface area contributed by atoms with E-state index < -0.39 is 29.0 Å². The topological polar surface area (TPSA) is 49.4 Å². The average molecular weight is 453 g/mol. The van der Waals surface area contributed by atoms with Gasteiger partial charge in [-0.3, -0.25) is 9.59 Å². The van der Waals surface area contributed by atoms with Crippen molar-refractivity contribution in [2.75, 3.05) is 16.8 Å². The van der Waals surface area contributed by atoms with Gasteiger partial charge in [0.25, 0.3) is 0 Å². The van der Waals surface area contributed by atoms with E-state index in [-0.39, 0.29) is 23.2 Å². The molecule has 8 heteroatoms. The van der Waals surface area contributed by atoms with Crippen LogP contribution in [0.15, 0.2) is 36.4 Å². The molecular weight excluding hydrogens is 429 g/mol. The molecule has 1 N–H and O–H groups in total. The van der Waals surface area contributed by atoms with Gasteiger partial charge in [-0.05, 0) is 49.6 Å². The minimum atomic E-state index is -4.59. The summed E-state index contributed by atoms with van der Waals surface area (Å²) in [5.74, 6) is -1.32. The van der Waals surface area contributed by atoms with Gasteiger partial charge in [0.2, 0.25) is 11.8 Å². The Balaban J connectivity index is 1.96. The van der Waals surface area contributed by atoms with Crippen molar-refractivity contribution in [3.8, 4) is 0 Å². The first-order valence-electron chi connectivity index (χ1n) is 9.97. The highest BCUT2D eigenvalue weighted by molar-refractivity contribution is 6.31. The number of amides is 2. The Kier molecular flexibility index (Phi) is 6.11. The van der Waals surface area contributed by atoms with Gasteiger partial charge in [-0.25, -0.2) is 0 Å². The second-order valence-electron chi connectivity index (χ2n) is 8.08. The first-order valence-corrected chi connectivity index (χ1v) is 10.4. The van der Waals surface area contributed by atoms with Crippen LogP contribution in [0.2, 0.25) is 5.02 Å². The van der Waals surface area contributed by atoms with Gasteiger partial charge in [-0.15, -0.1) is 0 Å². The van der Waals surface area contributed by atoms with Crippen molar-refractivity contribution < 1.29 is 22.8 Å². The average Bonchev–Trinajstić information content (AvgIpc) is 2.93. The van der Waals surface area contributed by atoms with E-state index in [0.717, 1.165) is 28.9 Å². The van der Waals surface area contributed by atoms with Crippen LogP contribution in [0, 0.1) is 25.2 Å². The maximum Gasteiger partial charge on any atom is 0.416 e. The number of halogens is 4. The van der Waals surface area contributed by atoms with Crippen molar-refractivity contribution in [3.63, 3.8) is 0 Å². The van der Waals surface area contributed by atoms with Crippen LogP contribution in [0.4, 0.5) is 24.5 Å². The molecule has 2 aromatic rings. The summed E-state index contributed by atoms with van der Waals surface area (Å²) in [6.07, 6.45) is -4.25. The Labute approximate surface area is 184 Å². The number of benzene rings is 2. The summed E-state index contributed by atoms with van der Waals surface area (Å²) in [4.78, 5) is 28.1. The van der Waals surface area contributed by atoms with Crippen LogP contribution in [0.3, 0.4) is 0 Å². The van der Waals surface area contributed by atoms with Gasteiger partial charge in [0.1, 0.15) is 0 Å². The molecule has 1 aliphatic heterocycles. The van der Waals surface area contributed by atoms with E-state index in [1.165, 1.54) is 6.07 Å². The number of rotatable bonds is 4. The molecule has 1 aliphatic rings.